The maximum atomic E-state index is 12.3. The second-order valence-corrected chi connectivity index (χ2v) is 5.97. The number of para-hydroxylation sites is 2. The smallest absolute Gasteiger partial charge is 0.292 e. The number of aryl methyl sites for hydroxylation is 2. The highest BCUT2D eigenvalue weighted by Crippen LogP contribution is 2.26. The van der Waals surface area contributed by atoms with Gasteiger partial charge >= 0.3 is 0 Å². The van der Waals surface area contributed by atoms with Gasteiger partial charge in [0.1, 0.15) is 11.7 Å². The van der Waals surface area contributed by atoms with E-state index >= 15 is 0 Å². The van der Waals surface area contributed by atoms with Crippen molar-refractivity contribution in [3.8, 4) is 0 Å². The van der Waals surface area contributed by atoms with Crippen LogP contribution in [0.5, 0.6) is 0 Å². The molecule has 0 spiro atoms. The standard InChI is InChI=1S/C18H19N3O3/c1-12(19-15-10-9-13-5-4-6-14(13)11-15)18(22)20-16-7-2-3-8-17(16)21(23)24/h2-3,7-12,19H,4-6H2,1H3,(H,20,22)/t12-/m1/s1. The van der Waals surface area contributed by atoms with Crippen molar-refractivity contribution in [3.05, 3.63) is 63.7 Å². The summed E-state index contributed by atoms with van der Waals surface area (Å²) in [6, 6.07) is 11.8. The predicted octanol–water partition coefficient (Wildman–Crippen LogP) is 3.52. The van der Waals surface area contributed by atoms with Gasteiger partial charge in [-0.25, -0.2) is 0 Å². The second-order valence-electron chi connectivity index (χ2n) is 5.97. The zero-order valence-electron chi connectivity index (χ0n) is 13.4. The Kier molecular flexibility index (Phi) is 4.46. The lowest BCUT2D eigenvalue weighted by atomic mass is 10.1. The Morgan fingerprint density at radius 3 is 2.71 bits per heavy atom. The molecule has 24 heavy (non-hydrogen) atoms. The van der Waals surface area contributed by atoms with E-state index in [2.05, 4.69) is 22.8 Å². The van der Waals surface area contributed by atoms with Gasteiger partial charge in [0.25, 0.3) is 5.69 Å². The Morgan fingerprint density at radius 1 is 1.17 bits per heavy atom. The van der Waals surface area contributed by atoms with Crippen molar-refractivity contribution in [2.24, 2.45) is 0 Å². The highest BCUT2D eigenvalue weighted by atomic mass is 16.6. The quantitative estimate of drug-likeness (QED) is 0.650. The molecule has 124 valence electrons. The van der Waals surface area contributed by atoms with Gasteiger partial charge < -0.3 is 10.6 Å². The highest BCUT2D eigenvalue weighted by Gasteiger charge is 2.19. The van der Waals surface area contributed by atoms with Gasteiger partial charge in [-0.15, -0.1) is 0 Å². The molecular formula is C18H19N3O3. The zero-order chi connectivity index (χ0) is 17.1. The third-order valence-electron chi connectivity index (χ3n) is 4.23. The fourth-order valence-electron chi connectivity index (χ4n) is 2.96. The van der Waals surface area contributed by atoms with Crippen LogP contribution in [0.15, 0.2) is 42.5 Å². The largest absolute Gasteiger partial charge is 0.374 e. The average Bonchev–Trinajstić information content (AvgIpc) is 3.02. The normalized spacial score (nSPS) is 13.9. The first kappa shape index (κ1) is 16.0. The minimum atomic E-state index is -0.510. The summed E-state index contributed by atoms with van der Waals surface area (Å²) in [6.07, 6.45) is 3.36. The van der Waals surface area contributed by atoms with Crippen molar-refractivity contribution in [1.29, 1.82) is 0 Å². The van der Waals surface area contributed by atoms with Crippen LogP contribution in [0.3, 0.4) is 0 Å². The number of carbonyl (C=O) groups excluding carboxylic acids is 1. The van der Waals surface area contributed by atoms with Gasteiger partial charge in [-0.3, -0.25) is 14.9 Å². The van der Waals surface area contributed by atoms with Crippen molar-refractivity contribution < 1.29 is 9.72 Å². The summed E-state index contributed by atoms with van der Waals surface area (Å²) in [5, 5.41) is 16.8. The minimum Gasteiger partial charge on any atom is -0.374 e. The molecule has 6 nitrogen and oxygen atoms in total. The molecule has 2 aromatic carbocycles. The third kappa shape index (κ3) is 3.37. The molecular weight excluding hydrogens is 306 g/mol. The van der Waals surface area contributed by atoms with Gasteiger partial charge in [-0.2, -0.15) is 0 Å². The second kappa shape index (κ2) is 6.70. The number of nitrogens with one attached hydrogen (secondary N) is 2. The maximum absolute atomic E-state index is 12.3. The number of nitro groups is 1. The number of nitrogens with zero attached hydrogens (tertiary/aromatic N) is 1. The van der Waals surface area contributed by atoms with Crippen molar-refractivity contribution in [2.45, 2.75) is 32.2 Å². The number of benzene rings is 2. The topological polar surface area (TPSA) is 84.3 Å². The van der Waals surface area contributed by atoms with Crippen LogP contribution in [0.2, 0.25) is 0 Å². The van der Waals surface area contributed by atoms with Crippen LogP contribution in [0.4, 0.5) is 17.1 Å². The summed E-state index contributed by atoms with van der Waals surface area (Å²) in [5.74, 6) is -0.315. The first-order valence-electron chi connectivity index (χ1n) is 7.97. The highest BCUT2D eigenvalue weighted by molar-refractivity contribution is 5.98. The lowest BCUT2D eigenvalue weighted by Gasteiger charge is -2.16. The fraction of sp³-hybridized carbons (Fsp3) is 0.278. The number of nitro benzene ring substituents is 1. The summed E-state index contributed by atoms with van der Waals surface area (Å²) < 4.78 is 0. The lowest BCUT2D eigenvalue weighted by molar-refractivity contribution is -0.383. The lowest BCUT2D eigenvalue weighted by Crippen LogP contribution is -2.32. The average molecular weight is 325 g/mol. The van der Waals surface area contributed by atoms with Crippen molar-refractivity contribution in [2.75, 3.05) is 10.6 Å². The Labute approximate surface area is 140 Å². The fourth-order valence-corrected chi connectivity index (χ4v) is 2.96. The Morgan fingerprint density at radius 2 is 1.92 bits per heavy atom. The first-order chi connectivity index (χ1) is 11.5. The van der Waals surface area contributed by atoms with E-state index in [0.29, 0.717) is 0 Å². The van der Waals surface area contributed by atoms with E-state index in [4.69, 9.17) is 0 Å². The number of amides is 1. The molecule has 0 aromatic heterocycles. The molecule has 0 heterocycles. The first-order valence-corrected chi connectivity index (χ1v) is 7.97. The molecule has 0 fully saturated rings. The van der Waals surface area contributed by atoms with Crippen LogP contribution >= 0.6 is 0 Å². The molecule has 3 rings (SSSR count). The number of carbonyl (C=O) groups is 1. The van der Waals surface area contributed by atoms with Crippen LogP contribution in [-0.2, 0) is 17.6 Å². The van der Waals surface area contributed by atoms with Crippen LogP contribution in [0.1, 0.15) is 24.5 Å². The molecule has 0 saturated carbocycles. The molecule has 0 unspecified atom stereocenters. The van der Waals surface area contributed by atoms with Crippen molar-refractivity contribution in [1.82, 2.24) is 0 Å². The number of hydrogen-bond donors (Lipinski definition) is 2. The third-order valence-corrected chi connectivity index (χ3v) is 4.23. The molecule has 6 heteroatoms. The van der Waals surface area contributed by atoms with Gasteiger partial charge in [0.15, 0.2) is 0 Å². The molecule has 0 aliphatic heterocycles. The van der Waals surface area contributed by atoms with Crippen LogP contribution < -0.4 is 10.6 Å². The predicted molar refractivity (Wildman–Crippen MR) is 93.3 cm³/mol. The zero-order valence-corrected chi connectivity index (χ0v) is 13.4. The molecule has 1 atom stereocenters. The summed E-state index contributed by atoms with van der Waals surface area (Å²) in [4.78, 5) is 22.8. The number of anilines is 2. The summed E-state index contributed by atoms with van der Waals surface area (Å²) in [6.45, 7) is 1.73. The van der Waals surface area contributed by atoms with Gasteiger partial charge in [0.05, 0.1) is 4.92 Å². The minimum absolute atomic E-state index is 0.115. The van der Waals surface area contributed by atoms with E-state index in [-0.39, 0.29) is 17.3 Å². The summed E-state index contributed by atoms with van der Waals surface area (Å²) >= 11 is 0. The summed E-state index contributed by atoms with van der Waals surface area (Å²) in [7, 11) is 0. The molecule has 1 amide bonds. The molecule has 2 aromatic rings. The Balaban J connectivity index is 1.68. The van der Waals surface area contributed by atoms with E-state index in [1.165, 1.54) is 29.7 Å². The molecule has 0 bridgehead atoms. The monoisotopic (exact) mass is 325 g/mol. The van der Waals surface area contributed by atoms with E-state index in [1.54, 1.807) is 19.1 Å². The van der Waals surface area contributed by atoms with Gasteiger partial charge in [0, 0.05) is 11.8 Å². The molecule has 2 N–H and O–H groups in total. The number of fused-ring (bicyclic) bond motifs is 1. The molecule has 0 saturated heterocycles. The van der Waals surface area contributed by atoms with E-state index < -0.39 is 11.0 Å². The van der Waals surface area contributed by atoms with E-state index in [9.17, 15) is 14.9 Å². The maximum Gasteiger partial charge on any atom is 0.292 e. The number of rotatable bonds is 5. The SMILES string of the molecule is C[C@@H](Nc1ccc2c(c1)CCC2)C(=O)Nc1ccccc1[N+](=O)[O-]. The Hall–Kier alpha value is -2.89. The Bertz CT molecular complexity index is 789. The van der Waals surface area contributed by atoms with E-state index in [0.717, 1.165) is 18.5 Å². The van der Waals surface area contributed by atoms with Crippen molar-refractivity contribution >= 4 is 23.0 Å². The molecule has 0 radical (unpaired) electrons. The summed E-state index contributed by atoms with van der Waals surface area (Å²) in [5.41, 5.74) is 3.68. The van der Waals surface area contributed by atoms with Crippen molar-refractivity contribution in [3.63, 3.8) is 0 Å². The number of hydrogen-bond acceptors (Lipinski definition) is 4. The molecule has 1 aliphatic carbocycles. The van der Waals surface area contributed by atoms with Gasteiger partial charge in [-0.05, 0) is 55.5 Å². The van der Waals surface area contributed by atoms with Gasteiger partial charge in [0.2, 0.25) is 5.91 Å². The van der Waals surface area contributed by atoms with E-state index in [1.807, 2.05) is 6.07 Å². The van der Waals surface area contributed by atoms with Crippen LogP contribution in [-0.4, -0.2) is 16.9 Å². The molecule has 1 aliphatic rings. The van der Waals surface area contributed by atoms with Crippen LogP contribution in [0, 0.1) is 10.1 Å². The van der Waals surface area contributed by atoms with Gasteiger partial charge in [-0.1, -0.05) is 18.2 Å². The van der Waals surface area contributed by atoms with Crippen LogP contribution in [0.25, 0.3) is 0 Å².